The standard InChI is InChI=1S/C28H27N7O4/c1-34(2)28-22-19-23(28)21-24(28)20(22)27(19,21)11-30-26(38)15-8-14(32-17-5-6-31-35(15)17)25(37)29-9-12-3-4-16-13(7-12)33-18(36)10-39-16/h3-8,19-24H,9-11H2,1-2H3,(H,29,37)(H,30,38)(H,33,36). The van der Waals surface area contributed by atoms with Crippen LogP contribution in [-0.4, -0.2) is 70.0 Å². The van der Waals surface area contributed by atoms with Gasteiger partial charge >= 0.3 is 0 Å². The van der Waals surface area contributed by atoms with Crippen LogP contribution in [0.2, 0.25) is 0 Å². The second-order valence-electron chi connectivity index (χ2n) is 12.2. The van der Waals surface area contributed by atoms with Crippen LogP contribution in [0, 0.1) is 40.9 Å². The highest BCUT2D eigenvalue weighted by Crippen LogP contribution is 3.07. The van der Waals surface area contributed by atoms with Crippen LogP contribution in [0.25, 0.3) is 5.65 Å². The predicted molar refractivity (Wildman–Crippen MR) is 137 cm³/mol. The number of hydrogen-bond acceptors (Lipinski definition) is 7. The van der Waals surface area contributed by atoms with Crippen LogP contribution in [-0.2, 0) is 11.3 Å². The Morgan fingerprint density at radius 2 is 1.85 bits per heavy atom. The number of benzene rings is 1. The first-order chi connectivity index (χ1) is 18.9. The third-order valence-corrected chi connectivity index (χ3v) is 11.1. The summed E-state index contributed by atoms with van der Waals surface area (Å²) in [5, 5.41) is 13.1. The molecule has 0 bridgehead atoms. The minimum absolute atomic E-state index is 0.0107. The van der Waals surface area contributed by atoms with E-state index in [1.807, 2.05) is 6.07 Å². The molecular formula is C28H27N7O4. The van der Waals surface area contributed by atoms with Crippen LogP contribution in [0.5, 0.6) is 5.75 Å². The maximum absolute atomic E-state index is 13.4. The Bertz CT molecular complexity index is 1610. The van der Waals surface area contributed by atoms with E-state index in [0.717, 1.165) is 41.1 Å². The number of amides is 3. The largest absolute Gasteiger partial charge is 0.482 e. The minimum atomic E-state index is -0.402. The number of rotatable bonds is 7. The van der Waals surface area contributed by atoms with Crippen molar-refractivity contribution in [2.75, 3.05) is 32.6 Å². The van der Waals surface area contributed by atoms with Gasteiger partial charge in [-0.1, -0.05) is 6.07 Å². The number of nitrogens with zero attached hydrogens (tertiary/aromatic N) is 4. The molecule has 0 spiro atoms. The number of fused-ring (bicyclic) bond motifs is 2. The molecular weight excluding hydrogens is 498 g/mol. The van der Waals surface area contributed by atoms with Crippen molar-refractivity contribution < 1.29 is 19.1 Å². The monoisotopic (exact) mass is 525 g/mol. The van der Waals surface area contributed by atoms with E-state index in [1.54, 1.807) is 24.4 Å². The van der Waals surface area contributed by atoms with Crippen molar-refractivity contribution in [3.8, 4) is 5.75 Å². The van der Waals surface area contributed by atoms with Crippen LogP contribution in [0.15, 0.2) is 36.5 Å². The number of nitrogens with one attached hydrogen (secondary N) is 3. The average Bonchev–Trinajstić information content (AvgIpc) is 3.42. The Labute approximate surface area is 223 Å². The highest BCUT2D eigenvalue weighted by molar-refractivity contribution is 5.98. The minimum Gasteiger partial charge on any atom is -0.482 e. The van der Waals surface area contributed by atoms with Crippen molar-refractivity contribution in [1.29, 1.82) is 0 Å². The summed E-state index contributed by atoms with van der Waals surface area (Å²) in [5.74, 6) is 4.54. The molecule has 2 aromatic heterocycles. The van der Waals surface area contributed by atoms with Crippen LogP contribution in [0.1, 0.15) is 26.5 Å². The van der Waals surface area contributed by atoms with E-state index in [9.17, 15) is 14.4 Å². The van der Waals surface area contributed by atoms with E-state index in [2.05, 4.69) is 45.0 Å². The third-order valence-electron chi connectivity index (χ3n) is 11.1. The summed E-state index contributed by atoms with van der Waals surface area (Å²) in [6.45, 7) is 0.910. The molecule has 7 aliphatic rings. The number of anilines is 1. The summed E-state index contributed by atoms with van der Waals surface area (Å²) in [4.78, 5) is 45.0. The van der Waals surface area contributed by atoms with Gasteiger partial charge in [-0.05, 0) is 72.7 Å². The van der Waals surface area contributed by atoms with Crippen molar-refractivity contribution in [1.82, 2.24) is 30.1 Å². The Hall–Kier alpha value is -3.99. The van der Waals surface area contributed by atoms with Gasteiger partial charge in [-0.3, -0.25) is 14.4 Å². The van der Waals surface area contributed by atoms with Crippen molar-refractivity contribution in [3.63, 3.8) is 0 Å². The quantitative estimate of drug-likeness (QED) is 0.416. The molecule has 11 nitrogen and oxygen atoms in total. The molecule has 10 rings (SSSR count). The van der Waals surface area contributed by atoms with Crippen LogP contribution in [0.3, 0.4) is 0 Å². The molecule has 6 saturated carbocycles. The molecule has 1 aromatic carbocycles. The highest BCUT2D eigenvalue weighted by Gasteiger charge is 3.09. The summed E-state index contributed by atoms with van der Waals surface area (Å²) < 4.78 is 6.87. The topological polar surface area (TPSA) is 130 Å². The lowest BCUT2D eigenvalue weighted by molar-refractivity contribution is -0.639. The normalized spacial score (nSPS) is 36.6. The van der Waals surface area contributed by atoms with Crippen molar-refractivity contribution in [2.24, 2.45) is 40.9 Å². The van der Waals surface area contributed by atoms with Gasteiger partial charge in [0.1, 0.15) is 17.1 Å². The van der Waals surface area contributed by atoms with Gasteiger partial charge in [0.05, 0.1) is 11.9 Å². The predicted octanol–water partition coefficient (Wildman–Crippen LogP) is 0.772. The molecule has 3 aromatic rings. The maximum Gasteiger partial charge on any atom is 0.270 e. The summed E-state index contributed by atoms with van der Waals surface area (Å²) in [5.41, 5.74) is 3.04. The lowest BCUT2D eigenvalue weighted by Gasteiger charge is -3.12. The van der Waals surface area contributed by atoms with E-state index in [-0.39, 0.29) is 30.7 Å². The van der Waals surface area contributed by atoms with Gasteiger partial charge < -0.3 is 25.6 Å². The van der Waals surface area contributed by atoms with Gasteiger partial charge in [-0.15, -0.1) is 0 Å². The fourth-order valence-electron chi connectivity index (χ4n) is 9.97. The average molecular weight is 526 g/mol. The lowest BCUT2D eigenvalue weighted by Crippen LogP contribution is -3.15. The Balaban J connectivity index is 0.903. The zero-order chi connectivity index (χ0) is 26.4. The summed E-state index contributed by atoms with van der Waals surface area (Å²) in [6, 6.07) is 8.54. The number of ether oxygens (including phenoxy) is 1. The molecule has 39 heavy (non-hydrogen) atoms. The molecule has 0 atom stereocenters. The Kier molecular flexibility index (Phi) is 3.80. The molecule has 0 saturated heterocycles. The zero-order valence-electron chi connectivity index (χ0n) is 21.5. The second-order valence-corrected chi connectivity index (χ2v) is 12.2. The molecule has 11 heteroatoms. The first-order valence-electron chi connectivity index (χ1n) is 13.5. The van der Waals surface area contributed by atoms with Crippen LogP contribution >= 0.6 is 0 Å². The van der Waals surface area contributed by atoms with Gasteiger partial charge in [-0.2, -0.15) is 5.10 Å². The maximum atomic E-state index is 13.4. The van der Waals surface area contributed by atoms with E-state index in [0.29, 0.717) is 40.3 Å². The number of carbonyl (C=O) groups excluding carboxylic acids is 3. The first-order valence-corrected chi connectivity index (χ1v) is 13.5. The molecule has 6 aliphatic carbocycles. The van der Waals surface area contributed by atoms with E-state index in [1.165, 1.54) is 10.6 Å². The smallest absolute Gasteiger partial charge is 0.270 e. The number of aromatic nitrogens is 3. The summed E-state index contributed by atoms with van der Waals surface area (Å²) in [7, 11) is 4.45. The van der Waals surface area contributed by atoms with Gasteiger partial charge in [0.25, 0.3) is 17.7 Å². The fraction of sp³-hybridized carbons (Fsp3) is 0.464. The van der Waals surface area contributed by atoms with Gasteiger partial charge in [-0.25, -0.2) is 9.50 Å². The fourth-order valence-corrected chi connectivity index (χ4v) is 9.97. The number of hydrogen-bond donors (Lipinski definition) is 3. The molecule has 0 unspecified atom stereocenters. The SMILES string of the molecule is CN(C)C12C3C4C1C1C2C3C41CNC(=O)c1cc(C(=O)NCc2ccc3c(c2)NC(=O)CO3)nc2ccnn12. The molecule has 3 heterocycles. The van der Waals surface area contributed by atoms with Gasteiger partial charge in [0.15, 0.2) is 12.3 Å². The molecule has 6 fully saturated rings. The summed E-state index contributed by atoms with van der Waals surface area (Å²) in [6.07, 6.45) is 1.57. The first kappa shape index (κ1) is 21.9. The van der Waals surface area contributed by atoms with Crippen molar-refractivity contribution in [2.45, 2.75) is 12.1 Å². The van der Waals surface area contributed by atoms with Crippen LogP contribution in [0.4, 0.5) is 5.69 Å². The second kappa shape index (κ2) is 6.77. The van der Waals surface area contributed by atoms with Gasteiger partial charge in [0, 0.05) is 30.8 Å². The molecule has 1 aliphatic heterocycles. The Morgan fingerprint density at radius 1 is 1.08 bits per heavy atom. The zero-order valence-corrected chi connectivity index (χ0v) is 21.5. The third kappa shape index (κ3) is 2.23. The Morgan fingerprint density at radius 3 is 2.59 bits per heavy atom. The highest BCUT2D eigenvalue weighted by atomic mass is 16.5. The number of carbonyl (C=O) groups is 3. The molecule has 198 valence electrons. The molecule has 3 amide bonds. The molecule has 0 radical (unpaired) electrons. The summed E-state index contributed by atoms with van der Waals surface area (Å²) >= 11 is 0. The lowest BCUT2D eigenvalue weighted by atomic mass is 8.94. The van der Waals surface area contributed by atoms with Gasteiger partial charge in [0.2, 0.25) is 0 Å². The van der Waals surface area contributed by atoms with Crippen LogP contribution < -0.4 is 20.7 Å². The van der Waals surface area contributed by atoms with Crippen molar-refractivity contribution >= 4 is 29.1 Å². The van der Waals surface area contributed by atoms with E-state index < -0.39 is 5.91 Å². The van der Waals surface area contributed by atoms with E-state index in [4.69, 9.17) is 4.74 Å². The van der Waals surface area contributed by atoms with Crippen molar-refractivity contribution in [3.05, 3.63) is 53.5 Å². The molecule has 3 N–H and O–H groups in total. The van der Waals surface area contributed by atoms with E-state index >= 15 is 0 Å².